The van der Waals surface area contributed by atoms with E-state index in [-0.39, 0.29) is 36.3 Å². The fourth-order valence-electron chi connectivity index (χ4n) is 6.17. The van der Waals surface area contributed by atoms with Gasteiger partial charge < -0.3 is 25.4 Å². The number of likely N-dealkylation sites (tertiary alicyclic amines) is 1. The fraction of sp³-hybridized carbons (Fsp3) is 0.864. The van der Waals surface area contributed by atoms with Crippen molar-refractivity contribution in [2.45, 2.75) is 89.6 Å². The zero-order valence-electron chi connectivity index (χ0n) is 19.0. The van der Waals surface area contributed by atoms with Crippen LogP contribution in [0.1, 0.15) is 60.3 Å². The molecular formula is C22H37N3O5. The van der Waals surface area contributed by atoms with Crippen LogP contribution >= 0.6 is 0 Å². The van der Waals surface area contributed by atoms with Gasteiger partial charge in [-0.15, -0.1) is 0 Å². The van der Waals surface area contributed by atoms with Crippen molar-refractivity contribution >= 4 is 17.7 Å². The SMILES string of the molecule is CCCC(C)NC(=O)C1N([C@@H](CC)CO)C(=O)[C@@H]2[C@H](C(=O)NC)[C@@]3(C)OC12CC3C. The van der Waals surface area contributed by atoms with Gasteiger partial charge in [-0.1, -0.05) is 27.2 Å². The molecule has 0 aliphatic carbocycles. The number of ether oxygens (including phenoxy) is 1. The lowest BCUT2D eigenvalue weighted by molar-refractivity contribution is -0.151. The number of fused-ring (bicyclic) bond motifs is 1. The summed E-state index contributed by atoms with van der Waals surface area (Å²) in [4.78, 5) is 41.7. The molecule has 8 nitrogen and oxygen atoms in total. The number of aliphatic hydroxyl groups excluding tert-OH is 1. The van der Waals surface area contributed by atoms with E-state index in [4.69, 9.17) is 4.74 Å². The molecule has 0 radical (unpaired) electrons. The van der Waals surface area contributed by atoms with Crippen molar-refractivity contribution in [2.75, 3.05) is 13.7 Å². The van der Waals surface area contributed by atoms with Gasteiger partial charge in [-0.3, -0.25) is 14.4 Å². The predicted octanol–water partition coefficient (Wildman–Crippen LogP) is 0.819. The molecule has 30 heavy (non-hydrogen) atoms. The Morgan fingerprint density at radius 3 is 2.53 bits per heavy atom. The van der Waals surface area contributed by atoms with E-state index < -0.39 is 35.1 Å². The van der Waals surface area contributed by atoms with Crippen molar-refractivity contribution in [3.05, 3.63) is 0 Å². The van der Waals surface area contributed by atoms with Gasteiger partial charge in [-0.25, -0.2) is 0 Å². The Morgan fingerprint density at radius 2 is 2.00 bits per heavy atom. The second kappa shape index (κ2) is 8.11. The lowest BCUT2D eigenvalue weighted by Gasteiger charge is -2.37. The van der Waals surface area contributed by atoms with Gasteiger partial charge in [0.25, 0.3) is 0 Å². The van der Waals surface area contributed by atoms with Gasteiger partial charge in [0.2, 0.25) is 17.7 Å². The molecule has 3 rings (SSSR count). The molecule has 8 heteroatoms. The standard InChI is InChI=1S/C22H37N3O5/c1-7-9-13(4)24-19(28)17-22-10-12(3)21(5,30-22)15(18(27)23-6)16(22)20(29)25(17)14(8-2)11-26/h12-17,26H,7-11H2,1-6H3,(H,23,27)(H,24,28)/t12?,13?,14-,15+,16-,17?,21-,22?/m0/s1. The number of nitrogens with zero attached hydrogens (tertiary/aromatic N) is 1. The minimum absolute atomic E-state index is 0.0152. The zero-order chi connectivity index (χ0) is 22.4. The van der Waals surface area contributed by atoms with Gasteiger partial charge >= 0.3 is 0 Å². The maximum Gasteiger partial charge on any atom is 0.246 e. The van der Waals surface area contributed by atoms with E-state index in [0.717, 1.165) is 12.8 Å². The Bertz CT molecular complexity index is 711. The summed E-state index contributed by atoms with van der Waals surface area (Å²) in [6.45, 7) is 9.56. The third kappa shape index (κ3) is 3.06. The van der Waals surface area contributed by atoms with Gasteiger partial charge in [0.05, 0.1) is 30.1 Å². The highest BCUT2D eigenvalue weighted by molar-refractivity contribution is 5.99. The summed E-state index contributed by atoms with van der Waals surface area (Å²) < 4.78 is 6.57. The van der Waals surface area contributed by atoms with Gasteiger partial charge in [-0.2, -0.15) is 0 Å². The molecule has 3 heterocycles. The highest BCUT2D eigenvalue weighted by Gasteiger charge is 2.80. The fourth-order valence-corrected chi connectivity index (χ4v) is 6.17. The molecule has 0 saturated carbocycles. The van der Waals surface area contributed by atoms with Crippen LogP contribution < -0.4 is 10.6 Å². The van der Waals surface area contributed by atoms with E-state index >= 15 is 0 Å². The van der Waals surface area contributed by atoms with E-state index in [9.17, 15) is 19.5 Å². The van der Waals surface area contributed by atoms with Gasteiger partial charge in [0.1, 0.15) is 11.6 Å². The molecular weight excluding hydrogens is 386 g/mol. The molecule has 0 aromatic heterocycles. The molecule has 170 valence electrons. The van der Waals surface area contributed by atoms with Crippen molar-refractivity contribution < 1.29 is 24.2 Å². The second-order valence-corrected chi connectivity index (χ2v) is 9.51. The molecule has 0 aromatic carbocycles. The quantitative estimate of drug-likeness (QED) is 0.536. The summed E-state index contributed by atoms with van der Waals surface area (Å²) in [7, 11) is 1.56. The largest absolute Gasteiger partial charge is 0.394 e. The molecule has 3 amide bonds. The lowest BCUT2D eigenvalue weighted by Crippen LogP contribution is -2.59. The van der Waals surface area contributed by atoms with Crippen LogP contribution in [0.25, 0.3) is 0 Å². The maximum atomic E-state index is 13.7. The number of hydrogen-bond acceptors (Lipinski definition) is 5. The van der Waals surface area contributed by atoms with Crippen LogP contribution in [0.4, 0.5) is 0 Å². The molecule has 3 saturated heterocycles. The third-order valence-corrected chi connectivity index (χ3v) is 7.72. The Balaban J connectivity index is 2.09. The van der Waals surface area contributed by atoms with Crippen LogP contribution in [0.15, 0.2) is 0 Å². The molecule has 3 N–H and O–H groups in total. The van der Waals surface area contributed by atoms with Crippen molar-refractivity contribution in [1.82, 2.24) is 15.5 Å². The molecule has 1 spiro atoms. The Hall–Kier alpha value is -1.67. The topological polar surface area (TPSA) is 108 Å². The number of carbonyl (C=O) groups is 3. The molecule has 2 bridgehead atoms. The molecule has 3 aliphatic rings. The summed E-state index contributed by atoms with van der Waals surface area (Å²) in [6.07, 6.45) is 2.81. The Labute approximate surface area is 179 Å². The van der Waals surface area contributed by atoms with Gasteiger partial charge in [-0.05, 0) is 39.0 Å². The Morgan fingerprint density at radius 1 is 1.33 bits per heavy atom. The number of nitrogens with one attached hydrogen (secondary N) is 2. The van der Waals surface area contributed by atoms with E-state index in [1.165, 1.54) is 4.90 Å². The highest BCUT2D eigenvalue weighted by Crippen LogP contribution is 2.65. The monoisotopic (exact) mass is 423 g/mol. The summed E-state index contributed by atoms with van der Waals surface area (Å²) >= 11 is 0. The first kappa shape index (κ1) is 23.0. The van der Waals surface area contributed by atoms with Crippen molar-refractivity contribution in [3.63, 3.8) is 0 Å². The maximum absolute atomic E-state index is 13.7. The van der Waals surface area contributed by atoms with Crippen molar-refractivity contribution in [2.24, 2.45) is 17.8 Å². The van der Waals surface area contributed by atoms with Crippen molar-refractivity contribution in [1.29, 1.82) is 0 Å². The normalized spacial score (nSPS) is 39.0. The molecule has 8 atom stereocenters. The lowest BCUT2D eigenvalue weighted by atomic mass is 9.62. The number of rotatable bonds is 8. The predicted molar refractivity (Wildman–Crippen MR) is 111 cm³/mol. The Kier molecular flexibility index (Phi) is 6.22. The molecule has 3 fully saturated rings. The first-order valence-electron chi connectivity index (χ1n) is 11.3. The van der Waals surface area contributed by atoms with E-state index in [1.54, 1.807) is 7.05 Å². The summed E-state index contributed by atoms with van der Waals surface area (Å²) in [5.41, 5.74) is -1.86. The van der Waals surface area contributed by atoms with Crippen LogP contribution in [0, 0.1) is 17.8 Å². The molecule has 0 aromatic rings. The van der Waals surface area contributed by atoms with Crippen molar-refractivity contribution in [3.8, 4) is 0 Å². The third-order valence-electron chi connectivity index (χ3n) is 7.72. The van der Waals surface area contributed by atoms with E-state index in [1.807, 2.05) is 27.7 Å². The molecule has 4 unspecified atom stereocenters. The number of amides is 3. The number of carbonyl (C=O) groups excluding carboxylic acids is 3. The van der Waals surface area contributed by atoms with Crippen LogP contribution in [0.3, 0.4) is 0 Å². The van der Waals surface area contributed by atoms with E-state index in [0.29, 0.717) is 12.8 Å². The van der Waals surface area contributed by atoms with Crippen LogP contribution in [-0.4, -0.2) is 70.7 Å². The summed E-state index contributed by atoms with van der Waals surface area (Å²) in [5, 5.41) is 15.7. The van der Waals surface area contributed by atoms with Crippen LogP contribution in [-0.2, 0) is 19.1 Å². The number of aliphatic hydroxyl groups is 1. The van der Waals surface area contributed by atoms with Gasteiger partial charge in [0, 0.05) is 13.1 Å². The highest BCUT2D eigenvalue weighted by atomic mass is 16.5. The van der Waals surface area contributed by atoms with E-state index in [2.05, 4.69) is 17.6 Å². The summed E-state index contributed by atoms with van der Waals surface area (Å²) in [5.74, 6) is -2.13. The smallest absolute Gasteiger partial charge is 0.246 e. The second-order valence-electron chi connectivity index (χ2n) is 9.51. The average molecular weight is 424 g/mol. The molecule has 3 aliphatic heterocycles. The van der Waals surface area contributed by atoms with Gasteiger partial charge in [0.15, 0.2) is 0 Å². The number of hydrogen-bond donors (Lipinski definition) is 3. The van der Waals surface area contributed by atoms with Crippen LogP contribution in [0.2, 0.25) is 0 Å². The summed E-state index contributed by atoms with van der Waals surface area (Å²) in [6, 6.07) is -1.39. The average Bonchev–Trinajstić information content (AvgIpc) is 3.20. The van der Waals surface area contributed by atoms with Crippen LogP contribution in [0.5, 0.6) is 0 Å². The minimum Gasteiger partial charge on any atom is -0.394 e. The zero-order valence-corrected chi connectivity index (χ0v) is 19.0. The first-order valence-corrected chi connectivity index (χ1v) is 11.3. The first-order chi connectivity index (χ1) is 14.1. The minimum atomic E-state index is -1.05.